The Kier molecular flexibility index (Phi) is 8.77. The number of guanidine groups is 1. The fourth-order valence-electron chi connectivity index (χ4n) is 3.46. The number of hydrogen-bond donors (Lipinski definition) is 3. The molecule has 1 aliphatic heterocycles. The van der Waals surface area contributed by atoms with Crippen molar-refractivity contribution in [2.45, 2.75) is 45.1 Å². The van der Waals surface area contributed by atoms with Gasteiger partial charge < -0.3 is 15.7 Å². The highest BCUT2D eigenvalue weighted by Gasteiger charge is 2.20. The first-order valence-electron chi connectivity index (χ1n) is 9.70. The van der Waals surface area contributed by atoms with Gasteiger partial charge in [0.25, 0.3) is 0 Å². The van der Waals surface area contributed by atoms with Crippen molar-refractivity contribution in [2.24, 2.45) is 4.99 Å². The number of piperidine rings is 1. The minimum atomic E-state index is 0.0403. The molecule has 3 N–H and O–H groups in total. The Labute approximate surface area is 152 Å². The molecule has 1 aromatic rings. The number of nitrogens with one attached hydrogen (secondary N) is 2. The zero-order valence-corrected chi connectivity index (χ0v) is 15.7. The lowest BCUT2D eigenvalue weighted by molar-refractivity contribution is 0.157. The smallest absolute Gasteiger partial charge is 0.191 e. The van der Waals surface area contributed by atoms with Gasteiger partial charge in [-0.15, -0.1) is 0 Å². The monoisotopic (exact) mass is 346 g/mol. The summed E-state index contributed by atoms with van der Waals surface area (Å²) in [6.07, 6.45) is 3.88. The van der Waals surface area contributed by atoms with E-state index >= 15 is 0 Å². The molecule has 0 saturated carbocycles. The van der Waals surface area contributed by atoms with Crippen LogP contribution in [-0.4, -0.2) is 61.3 Å². The average molecular weight is 347 g/mol. The van der Waals surface area contributed by atoms with Crippen LogP contribution in [0.25, 0.3) is 0 Å². The van der Waals surface area contributed by atoms with Crippen molar-refractivity contribution in [3.05, 3.63) is 35.9 Å². The van der Waals surface area contributed by atoms with Crippen LogP contribution in [0.4, 0.5) is 0 Å². The van der Waals surface area contributed by atoms with Gasteiger partial charge in [0.1, 0.15) is 0 Å². The van der Waals surface area contributed by atoms with E-state index in [1.54, 1.807) is 0 Å². The molecule has 0 aromatic heterocycles. The summed E-state index contributed by atoms with van der Waals surface area (Å²) in [5, 5.41) is 16.5. The van der Waals surface area contributed by atoms with Gasteiger partial charge in [-0.05, 0) is 38.4 Å². The summed E-state index contributed by atoms with van der Waals surface area (Å²) in [5.74, 6) is 0.886. The van der Waals surface area contributed by atoms with E-state index in [-0.39, 0.29) is 12.5 Å². The van der Waals surface area contributed by atoms with Gasteiger partial charge in [-0.2, -0.15) is 0 Å². The molecule has 0 amide bonds. The molecular weight excluding hydrogens is 312 g/mol. The summed E-state index contributed by atoms with van der Waals surface area (Å²) < 4.78 is 0. The van der Waals surface area contributed by atoms with Gasteiger partial charge in [0.2, 0.25) is 0 Å². The Bertz CT molecular complexity index is 506. The molecule has 1 fully saturated rings. The highest BCUT2D eigenvalue weighted by atomic mass is 16.3. The van der Waals surface area contributed by atoms with E-state index in [2.05, 4.69) is 41.5 Å². The van der Waals surface area contributed by atoms with Crippen molar-refractivity contribution < 1.29 is 5.11 Å². The molecule has 0 radical (unpaired) electrons. The van der Waals surface area contributed by atoms with E-state index in [1.165, 1.54) is 25.8 Å². The number of likely N-dealkylation sites (N-methyl/N-ethyl adjacent to an activating group) is 1. The molecule has 0 spiro atoms. The topological polar surface area (TPSA) is 59.9 Å². The zero-order valence-electron chi connectivity index (χ0n) is 15.7. The summed E-state index contributed by atoms with van der Waals surface area (Å²) in [4.78, 5) is 7.27. The van der Waals surface area contributed by atoms with Gasteiger partial charge >= 0.3 is 0 Å². The maximum absolute atomic E-state index is 9.71. The molecule has 0 bridgehead atoms. The second kappa shape index (κ2) is 11.1. The number of aliphatic imine (C=N–C) groups is 1. The summed E-state index contributed by atoms with van der Waals surface area (Å²) in [6, 6.07) is 10.7. The normalized spacial score (nSPS) is 20.3. The largest absolute Gasteiger partial charge is 0.396 e. The van der Waals surface area contributed by atoms with E-state index in [1.807, 2.05) is 18.2 Å². The molecule has 25 heavy (non-hydrogen) atoms. The fraction of sp³-hybridized carbons (Fsp3) is 0.650. The van der Waals surface area contributed by atoms with Crippen molar-refractivity contribution in [1.29, 1.82) is 0 Å². The number of aliphatic hydroxyl groups is 1. The van der Waals surface area contributed by atoms with Crippen LogP contribution < -0.4 is 10.6 Å². The standard InChI is InChI=1S/C20H34N4O/c1-3-21-20(23-15-19-12-8-9-13-24(19)4-2)22-14-18(16-25)17-10-6-5-7-11-17/h5-7,10-11,18-19,25H,3-4,8-9,12-16H2,1-2H3,(H2,21,22,23). The maximum Gasteiger partial charge on any atom is 0.191 e. The summed E-state index contributed by atoms with van der Waals surface area (Å²) in [6.45, 7) is 9.09. The highest BCUT2D eigenvalue weighted by molar-refractivity contribution is 5.79. The molecule has 5 heteroatoms. The van der Waals surface area contributed by atoms with Gasteiger partial charge in [-0.1, -0.05) is 43.7 Å². The van der Waals surface area contributed by atoms with Crippen molar-refractivity contribution in [3.63, 3.8) is 0 Å². The molecule has 140 valence electrons. The van der Waals surface area contributed by atoms with Crippen molar-refractivity contribution >= 4 is 5.96 Å². The van der Waals surface area contributed by atoms with Gasteiger partial charge in [-0.25, -0.2) is 0 Å². The van der Waals surface area contributed by atoms with Gasteiger partial charge in [0.05, 0.1) is 13.2 Å². The Morgan fingerprint density at radius 1 is 1.24 bits per heavy atom. The zero-order chi connectivity index (χ0) is 17.9. The molecule has 2 rings (SSSR count). The van der Waals surface area contributed by atoms with E-state index in [0.29, 0.717) is 12.6 Å². The summed E-state index contributed by atoms with van der Waals surface area (Å²) >= 11 is 0. The second-order valence-electron chi connectivity index (χ2n) is 6.67. The Morgan fingerprint density at radius 3 is 2.72 bits per heavy atom. The molecule has 1 saturated heterocycles. The van der Waals surface area contributed by atoms with Crippen molar-refractivity contribution in [2.75, 3.05) is 39.3 Å². The third-order valence-corrected chi connectivity index (χ3v) is 4.97. The van der Waals surface area contributed by atoms with Crippen LogP contribution in [0, 0.1) is 0 Å². The number of aliphatic hydroxyl groups excluding tert-OH is 1. The Balaban J connectivity index is 1.92. The molecule has 5 nitrogen and oxygen atoms in total. The lowest BCUT2D eigenvalue weighted by Crippen LogP contribution is -2.49. The van der Waals surface area contributed by atoms with Gasteiger partial charge in [0.15, 0.2) is 5.96 Å². The summed E-state index contributed by atoms with van der Waals surface area (Å²) in [5.41, 5.74) is 1.13. The van der Waals surface area contributed by atoms with Crippen molar-refractivity contribution in [3.8, 4) is 0 Å². The van der Waals surface area contributed by atoms with Crippen LogP contribution in [0.1, 0.15) is 44.6 Å². The minimum absolute atomic E-state index is 0.0403. The van der Waals surface area contributed by atoms with E-state index in [9.17, 15) is 5.11 Å². The maximum atomic E-state index is 9.71. The van der Waals surface area contributed by atoms with E-state index in [0.717, 1.165) is 31.2 Å². The number of likely N-dealkylation sites (tertiary alicyclic amines) is 1. The van der Waals surface area contributed by atoms with Crippen LogP contribution in [-0.2, 0) is 0 Å². The van der Waals surface area contributed by atoms with Crippen LogP contribution >= 0.6 is 0 Å². The van der Waals surface area contributed by atoms with E-state index < -0.39 is 0 Å². The SMILES string of the molecule is CCNC(=NCC(CO)c1ccccc1)NCC1CCCCN1CC. The third kappa shape index (κ3) is 6.33. The van der Waals surface area contributed by atoms with Crippen LogP contribution in [0.2, 0.25) is 0 Å². The first-order valence-corrected chi connectivity index (χ1v) is 9.70. The molecule has 1 aromatic carbocycles. The second-order valence-corrected chi connectivity index (χ2v) is 6.67. The first kappa shape index (κ1) is 19.7. The van der Waals surface area contributed by atoms with E-state index in [4.69, 9.17) is 4.99 Å². The number of rotatable bonds is 8. The summed E-state index contributed by atoms with van der Waals surface area (Å²) in [7, 11) is 0. The van der Waals surface area contributed by atoms with Crippen LogP contribution in [0.5, 0.6) is 0 Å². The number of nitrogens with zero attached hydrogens (tertiary/aromatic N) is 2. The third-order valence-electron chi connectivity index (χ3n) is 4.97. The lowest BCUT2D eigenvalue weighted by atomic mass is 10.0. The number of benzene rings is 1. The van der Waals surface area contributed by atoms with Gasteiger partial charge in [-0.3, -0.25) is 9.89 Å². The lowest BCUT2D eigenvalue weighted by Gasteiger charge is -2.35. The quantitative estimate of drug-likeness (QED) is 0.499. The molecule has 1 heterocycles. The minimum Gasteiger partial charge on any atom is -0.396 e. The number of hydrogen-bond acceptors (Lipinski definition) is 3. The van der Waals surface area contributed by atoms with Gasteiger partial charge in [0, 0.05) is 25.0 Å². The highest BCUT2D eigenvalue weighted by Crippen LogP contribution is 2.16. The Hall–Kier alpha value is -1.59. The average Bonchev–Trinajstić information content (AvgIpc) is 2.67. The molecule has 1 aliphatic rings. The molecular formula is C20H34N4O. The molecule has 0 aliphatic carbocycles. The molecule has 2 unspecified atom stereocenters. The van der Waals surface area contributed by atoms with Crippen LogP contribution in [0.15, 0.2) is 35.3 Å². The fourth-order valence-corrected chi connectivity index (χ4v) is 3.46. The predicted molar refractivity (Wildman–Crippen MR) is 105 cm³/mol. The van der Waals surface area contributed by atoms with Crippen molar-refractivity contribution in [1.82, 2.24) is 15.5 Å². The predicted octanol–water partition coefficient (Wildman–Crippen LogP) is 2.19. The first-order chi connectivity index (χ1) is 12.3. The molecule has 2 atom stereocenters. The van der Waals surface area contributed by atoms with Crippen LogP contribution in [0.3, 0.4) is 0 Å². The Morgan fingerprint density at radius 2 is 2.04 bits per heavy atom.